The van der Waals surface area contributed by atoms with E-state index in [1.165, 1.54) is 32.1 Å². The summed E-state index contributed by atoms with van der Waals surface area (Å²) in [6.07, 6.45) is 7.06. The van der Waals surface area contributed by atoms with Gasteiger partial charge < -0.3 is 19.5 Å². The number of methoxy groups -OCH3 is 1. The Kier molecular flexibility index (Phi) is 7.48. The fourth-order valence-corrected chi connectivity index (χ4v) is 7.53. The lowest BCUT2D eigenvalue weighted by Gasteiger charge is -2.34. The van der Waals surface area contributed by atoms with Gasteiger partial charge in [0.2, 0.25) is 5.88 Å². The number of alkyl halides is 1. The zero-order valence-electron chi connectivity index (χ0n) is 24.8. The van der Waals surface area contributed by atoms with Gasteiger partial charge in [-0.25, -0.2) is 13.8 Å². The monoisotopic (exact) mass is 613 g/mol. The van der Waals surface area contributed by atoms with Gasteiger partial charge in [-0.2, -0.15) is 9.97 Å². The second-order valence-corrected chi connectivity index (χ2v) is 13.2. The molecule has 2 saturated heterocycles. The molecule has 2 saturated carbocycles. The Morgan fingerprint density at radius 1 is 1.14 bits per heavy atom. The van der Waals surface area contributed by atoms with Gasteiger partial charge in [0.15, 0.2) is 5.82 Å². The number of hydrogen-bond acceptors (Lipinski definition) is 8. The zero-order chi connectivity index (χ0) is 30.0. The molecule has 3 aromatic rings. The SMILES string of the molecule is COc1nc2c3c(nc(-c4cc(O)cc(Cl)c4C4CC4)c(F)c3n1)OC[C@H](C)N2C(C)C1CC1.FC1CC2CCCN2C1. The van der Waals surface area contributed by atoms with E-state index in [1.807, 2.05) is 0 Å². The minimum atomic E-state index is -0.610. The van der Waals surface area contributed by atoms with E-state index < -0.39 is 12.0 Å². The molecule has 0 bridgehead atoms. The summed E-state index contributed by atoms with van der Waals surface area (Å²) in [5, 5.41) is 11.1. The van der Waals surface area contributed by atoms with Crippen LogP contribution in [0.5, 0.6) is 17.6 Å². The van der Waals surface area contributed by atoms with Crippen molar-refractivity contribution >= 4 is 28.3 Å². The summed E-state index contributed by atoms with van der Waals surface area (Å²) >= 11 is 6.49. The number of phenolic OH excluding ortho intramolecular Hbond substituents is 1. The molecule has 1 N–H and O–H groups in total. The topological polar surface area (TPSA) is 83.8 Å². The smallest absolute Gasteiger partial charge is 0.318 e. The van der Waals surface area contributed by atoms with E-state index in [1.54, 1.807) is 0 Å². The third kappa shape index (κ3) is 5.35. The van der Waals surface area contributed by atoms with Crippen LogP contribution in [0.3, 0.4) is 0 Å². The van der Waals surface area contributed by atoms with Gasteiger partial charge in [-0.15, -0.1) is 0 Å². The fourth-order valence-electron chi connectivity index (χ4n) is 7.17. The first-order valence-corrected chi connectivity index (χ1v) is 15.9. The molecule has 8 nitrogen and oxygen atoms in total. The number of anilines is 1. The molecule has 3 unspecified atom stereocenters. The van der Waals surface area contributed by atoms with Crippen LogP contribution in [0.4, 0.5) is 14.6 Å². The maximum atomic E-state index is 16.2. The highest BCUT2D eigenvalue weighted by atomic mass is 35.5. The van der Waals surface area contributed by atoms with Crippen LogP contribution < -0.4 is 14.4 Å². The van der Waals surface area contributed by atoms with E-state index in [9.17, 15) is 9.50 Å². The van der Waals surface area contributed by atoms with E-state index in [0.717, 1.165) is 44.2 Å². The molecule has 0 amide bonds. The average molecular weight is 614 g/mol. The minimum Gasteiger partial charge on any atom is -0.508 e. The summed E-state index contributed by atoms with van der Waals surface area (Å²) < 4.78 is 40.4. The summed E-state index contributed by atoms with van der Waals surface area (Å²) in [6, 6.07) is 3.91. The molecule has 8 rings (SSSR count). The van der Waals surface area contributed by atoms with E-state index >= 15 is 4.39 Å². The van der Waals surface area contributed by atoms with Crippen LogP contribution in [0.25, 0.3) is 22.2 Å². The van der Waals surface area contributed by atoms with Crippen LogP contribution in [0.1, 0.15) is 70.3 Å². The van der Waals surface area contributed by atoms with Crippen LogP contribution in [0.2, 0.25) is 5.02 Å². The van der Waals surface area contributed by atoms with E-state index in [0.29, 0.717) is 46.9 Å². The van der Waals surface area contributed by atoms with Gasteiger partial charge in [0, 0.05) is 29.2 Å². The summed E-state index contributed by atoms with van der Waals surface area (Å²) in [4.78, 5) is 18.2. The van der Waals surface area contributed by atoms with Crippen LogP contribution >= 0.6 is 11.6 Å². The molecule has 2 aliphatic carbocycles. The quantitative estimate of drug-likeness (QED) is 0.342. The third-order valence-corrected chi connectivity index (χ3v) is 9.95. The average Bonchev–Trinajstić information content (AvgIpc) is 3.90. The third-order valence-electron chi connectivity index (χ3n) is 9.63. The zero-order valence-corrected chi connectivity index (χ0v) is 25.6. The van der Waals surface area contributed by atoms with Crippen molar-refractivity contribution in [3.8, 4) is 28.9 Å². The Balaban J connectivity index is 0.000000283. The van der Waals surface area contributed by atoms with Gasteiger partial charge in [-0.05, 0) is 94.9 Å². The molecule has 230 valence electrons. The van der Waals surface area contributed by atoms with Crippen molar-refractivity contribution in [2.24, 2.45) is 5.92 Å². The molecule has 5 heterocycles. The molecule has 0 radical (unpaired) electrons. The molecular weight excluding hydrogens is 576 g/mol. The Bertz CT molecular complexity index is 1540. The lowest BCUT2D eigenvalue weighted by atomic mass is 9.98. The summed E-state index contributed by atoms with van der Waals surface area (Å²) in [6.45, 7) is 6.48. The number of pyridine rings is 1. The lowest BCUT2D eigenvalue weighted by molar-refractivity contribution is 0.279. The highest BCUT2D eigenvalue weighted by Gasteiger charge is 2.40. The minimum absolute atomic E-state index is 0.00337. The Hall–Kier alpha value is -2.98. The molecule has 2 aromatic heterocycles. The van der Waals surface area contributed by atoms with Crippen molar-refractivity contribution in [1.29, 1.82) is 0 Å². The number of ether oxygens (including phenoxy) is 2. The van der Waals surface area contributed by atoms with E-state index in [2.05, 4.69) is 38.6 Å². The molecule has 4 atom stereocenters. The summed E-state index contributed by atoms with van der Waals surface area (Å²) in [7, 11) is 1.47. The van der Waals surface area contributed by atoms with Gasteiger partial charge in [0.25, 0.3) is 0 Å². The van der Waals surface area contributed by atoms with Crippen molar-refractivity contribution in [3.63, 3.8) is 0 Å². The van der Waals surface area contributed by atoms with Gasteiger partial charge in [0.1, 0.15) is 40.9 Å². The molecule has 11 heteroatoms. The van der Waals surface area contributed by atoms with Gasteiger partial charge in [0.05, 0.1) is 13.2 Å². The predicted molar refractivity (Wildman–Crippen MR) is 162 cm³/mol. The van der Waals surface area contributed by atoms with Crippen LogP contribution in [-0.4, -0.2) is 76.1 Å². The Morgan fingerprint density at radius 3 is 2.63 bits per heavy atom. The van der Waals surface area contributed by atoms with E-state index in [4.69, 9.17) is 21.1 Å². The fraction of sp³-hybridized carbons (Fsp3) is 0.594. The second kappa shape index (κ2) is 11.2. The first-order chi connectivity index (χ1) is 20.7. The number of hydrogen-bond donors (Lipinski definition) is 1. The lowest BCUT2D eigenvalue weighted by Crippen LogP contribution is -2.44. The van der Waals surface area contributed by atoms with Crippen LogP contribution in [-0.2, 0) is 0 Å². The largest absolute Gasteiger partial charge is 0.508 e. The number of rotatable bonds is 5. The number of halogens is 3. The molecule has 43 heavy (non-hydrogen) atoms. The van der Waals surface area contributed by atoms with Gasteiger partial charge >= 0.3 is 6.01 Å². The number of nitrogens with zero attached hydrogens (tertiary/aromatic N) is 5. The van der Waals surface area contributed by atoms with Crippen molar-refractivity contribution in [2.75, 3.05) is 31.7 Å². The molecule has 5 aliphatic rings. The number of aromatic nitrogens is 3. The van der Waals surface area contributed by atoms with Crippen LogP contribution in [0, 0.1) is 11.7 Å². The van der Waals surface area contributed by atoms with Crippen molar-refractivity contribution in [3.05, 3.63) is 28.5 Å². The highest BCUT2D eigenvalue weighted by molar-refractivity contribution is 6.32. The first-order valence-electron chi connectivity index (χ1n) is 15.5. The highest BCUT2D eigenvalue weighted by Crippen LogP contribution is 2.50. The predicted octanol–water partition coefficient (Wildman–Crippen LogP) is 6.65. The van der Waals surface area contributed by atoms with Gasteiger partial charge in [-0.1, -0.05) is 11.6 Å². The Morgan fingerprint density at radius 2 is 1.93 bits per heavy atom. The van der Waals surface area contributed by atoms with Crippen molar-refractivity contribution in [1.82, 2.24) is 19.9 Å². The number of benzene rings is 1. The Labute approximate surface area is 255 Å². The molecule has 1 aromatic carbocycles. The molecule has 3 aliphatic heterocycles. The molecular formula is C32H38ClF2N5O3. The van der Waals surface area contributed by atoms with E-state index in [-0.39, 0.29) is 46.9 Å². The standard InChI is InChI=1S/C25H26ClFN4O3.C7H12FN/c1-11-10-34-24-19-22(29-25(33-3)30-23(19)31(11)12(2)13-4-5-13)20(27)21(28-24)16-8-15(32)9-17(26)18(16)14-6-7-14;8-6-4-7-2-1-3-9(7)5-6/h8-9,11-14,32H,4-7,10H2,1-3H3;6-7H,1-5H2/t11-,12?;/m0./s1. The van der Waals surface area contributed by atoms with Crippen molar-refractivity contribution in [2.45, 2.75) is 89.0 Å². The molecule has 4 fully saturated rings. The normalized spacial score (nSPS) is 25.5. The maximum Gasteiger partial charge on any atom is 0.318 e. The van der Waals surface area contributed by atoms with Crippen molar-refractivity contribution < 1.29 is 23.4 Å². The number of aromatic hydroxyl groups is 1. The maximum absolute atomic E-state index is 16.2. The summed E-state index contributed by atoms with van der Waals surface area (Å²) in [5.74, 6) is 0.981. The summed E-state index contributed by atoms with van der Waals surface area (Å²) in [5.41, 5.74) is 1.41. The van der Waals surface area contributed by atoms with Gasteiger partial charge in [-0.3, -0.25) is 4.90 Å². The number of fused-ring (bicyclic) bond motifs is 1. The first kappa shape index (κ1) is 28.8. The second-order valence-electron chi connectivity index (χ2n) is 12.8. The number of phenols is 1. The molecule has 0 spiro atoms. The van der Waals surface area contributed by atoms with Crippen LogP contribution in [0.15, 0.2) is 12.1 Å².